The molecule has 0 fully saturated rings. The van der Waals surface area contributed by atoms with E-state index in [0.717, 1.165) is 12.0 Å². The standard InChI is InChI=1S/C19H22N4O5.C11H17N3O/c1-3-9-22-17-15(18(26)23(10-4-2)19(22)27)20-16(21-17)12-5-7-13(8-6-12)28-11-14(24)25;12-6-7-14-11(15)10(13)8-9-4-2-1-3-5-9/h5-8H,3-4,9-11H2,1-2H3,(H,20,21)(H,24,25);1-5,10H,6-8,12-13H2,(H,14,15)/t;10-/m.0/s1. The van der Waals surface area contributed by atoms with Crippen molar-refractivity contribution in [2.24, 2.45) is 11.5 Å². The zero-order valence-electron chi connectivity index (χ0n) is 24.4. The second kappa shape index (κ2) is 16.0. The van der Waals surface area contributed by atoms with E-state index in [2.05, 4.69) is 15.3 Å². The van der Waals surface area contributed by atoms with Crippen molar-refractivity contribution >= 4 is 23.0 Å². The van der Waals surface area contributed by atoms with Gasteiger partial charge in [0.05, 0.1) is 6.04 Å². The monoisotopic (exact) mass is 593 g/mol. The largest absolute Gasteiger partial charge is 0.482 e. The smallest absolute Gasteiger partial charge is 0.341 e. The molecule has 1 atom stereocenters. The number of hydrogen-bond acceptors (Lipinski definition) is 8. The second-order valence-corrected chi connectivity index (χ2v) is 9.76. The van der Waals surface area contributed by atoms with Gasteiger partial charge < -0.3 is 31.6 Å². The first-order valence-corrected chi connectivity index (χ1v) is 14.2. The van der Waals surface area contributed by atoms with Crippen LogP contribution < -0.4 is 32.8 Å². The van der Waals surface area contributed by atoms with Crippen LogP contribution in [0, 0.1) is 0 Å². The molecule has 0 saturated carbocycles. The van der Waals surface area contributed by atoms with Gasteiger partial charge in [-0.15, -0.1) is 0 Å². The number of aromatic amines is 1. The molecule has 4 aromatic rings. The maximum absolute atomic E-state index is 12.7. The third-order valence-electron chi connectivity index (χ3n) is 6.32. The Labute approximate surface area is 248 Å². The number of amides is 1. The average Bonchev–Trinajstić information content (AvgIpc) is 3.46. The van der Waals surface area contributed by atoms with E-state index in [9.17, 15) is 19.2 Å². The predicted molar refractivity (Wildman–Crippen MR) is 164 cm³/mol. The van der Waals surface area contributed by atoms with Crippen molar-refractivity contribution in [2.45, 2.75) is 52.2 Å². The number of imidazole rings is 1. The number of aryl methyl sites for hydroxylation is 1. The van der Waals surface area contributed by atoms with Crippen LogP contribution >= 0.6 is 0 Å². The van der Waals surface area contributed by atoms with Crippen LogP contribution in [0.2, 0.25) is 0 Å². The summed E-state index contributed by atoms with van der Waals surface area (Å²) in [6.07, 6.45) is 1.96. The molecule has 0 aliphatic rings. The molecule has 1 amide bonds. The molecule has 2 heterocycles. The second-order valence-electron chi connectivity index (χ2n) is 9.76. The average molecular weight is 594 g/mol. The Morgan fingerprint density at radius 2 is 1.67 bits per heavy atom. The fraction of sp³-hybridized carbons (Fsp3) is 0.367. The Morgan fingerprint density at radius 3 is 2.28 bits per heavy atom. The highest BCUT2D eigenvalue weighted by Gasteiger charge is 2.17. The number of rotatable bonds is 13. The summed E-state index contributed by atoms with van der Waals surface area (Å²) < 4.78 is 7.88. The Kier molecular flexibility index (Phi) is 12.2. The van der Waals surface area contributed by atoms with Crippen LogP contribution in [-0.4, -0.2) is 61.8 Å². The van der Waals surface area contributed by atoms with Crippen LogP contribution in [0.4, 0.5) is 0 Å². The highest BCUT2D eigenvalue weighted by Crippen LogP contribution is 2.21. The van der Waals surface area contributed by atoms with Crippen LogP contribution in [0.25, 0.3) is 22.6 Å². The number of nitrogens with zero attached hydrogens (tertiary/aromatic N) is 3. The molecule has 2 aromatic heterocycles. The van der Waals surface area contributed by atoms with E-state index >= 15 is 0 Å². The first-order chi connectivity index (χ1) is 20.7. The van der Waals surface area contributed by atoms with E-state index in [0.29, 0.717) is 67.3 Å². The molecule has 0 saturated heterocycles. The minimum Gasteiger partial charge on any atom is -0.482 e. The van der Waals surface area contributed by atoms with Gasteiger partial charge in [-0.2, -0.15) is 0 Å². The van der Waals surface area contributed by atoms with Crippen molar-refractivity contribution in [3.05, 3.63) is 81.0 Å². The maximum Gasteiger partial charge on any atom is 0.341 e. The molecular weight excluding hydrogens is 554 g/mol. The molecular formula is C30H39N7O6. The third kappa shape index (κ3) is 8.87. The first-order valence-electron chi connectivity index (χ1n) is 14.2. The number of aromatic nitrogens is 4. The van der Waals surface area contributed by atoms with E-state index < -0.39 is 18.6 Å². The lowest BCUT2D eigenvalue weighted by Crippen LogP contribution is -2.43. The summed E-state index contributed by atoms with van der Waals surface area (Å²) in [5.74, 6) is -0.339. The Bertz CT molecular complexity index is 1610. The van der Waals surface area contributed by atoms with Crippen molar-refractivity contribution in [1.82, 2.24) is 24.4 Å². The molecule has 13 heteroatoms. The number of nitrogens with two attached hydrogens (primary N) is 2. The Morgan fingerprint density at radius 1 is 1.02 bits per heavy atom. The molecule has 0 spiro atoms. The van der Waals surface area contributed by atoms with Gasteiger partial charge >= 0.3 is 11.7 Å². The molecule has 43 heavy (non-hydrogen) atoms. The lowest BCUT2D eigenvalue weighted by atomic mass is 10.1. The number of aliphatic carboxylic acids is 1. The van der Waals surface area contributed by atoms with E-state index in [1.165, 1.54) is 9.13 Å². The summed E-state index contributed by atoms with van der Waals surface area (Å²) in [5.41, 5.74) is 12.7. The van der Waals surface area contributed by atoms with Gasteiger partial charge in [0, 0.05) is 31.7 Å². The molecule has 0 unspecified atom stereocenters. The minimum atomic E-state index is -1.06. The van der Waals surface area contributed by atoms with Crippen LogP contribution in [0.5, 0.6) is 5.75 Å². The van der Waals surface area contributed by atoms with E-state index in [-0.39, 0.29) is 17.2 Å². The summed E-state index contributed by atoms with van der Waals surface area (Å²) in [5, 5.41) is 11.3. The molecule has 230 valence electrons. The summed E-state index contributed by atoms with van der Waals surface area (Å²) >= 11 is 0. The number of carbonyl (C=O) groups excluding carboxylic acids is 1. The number of hydrogen-bond donors (Lipinski definition) is 5. The van der Waals surface area contributed by atoms with E-state index in [1.54, 1.807) is 24.3 Å². The number of H-pyrrole nitrogens is 1. The van der Waals surface area contributed by atoms with Gasteiger partial charge in [-0.1, -0.05) is 44.2 Å². The van der Waals surface area contributed by atoms with Crippen molar-refractivity contribution in [2.75, 3.05) is 19.7 Å². The zero-order valence-corrected chi connectivity index (χ0v) is 24.4. The molecule has 2 aromatic carbocycles. The Balaban J connectivity index is 0.000000285. The summed E-state index contributed by atoms with van der Waals surface area (Å²) in [7, 11) is 0. The number of carboxylic acids is 1. The number of nitrogens with one attached hydrogen (secondary N) is 2. The number of carboxylic acid groups (broad SMARTS) is 1. The van der Waals surface area contributed by atoms with Gasteiger partial charge in [-0.05, 0) is 49.1 Å². The van der Waals surface area contributed by atoms with Gasteiger partial charge in [0.15, 0.2) is 12.3 Å². The first kappa shape index (κ1) is 32.8. The minimum absolute atomic E-state index is 0.149. The fourth-order valence-electron chi connectivity index (χ4n) is 4.29. The number of carbonyl (C=O) groups is 2. The van der Waals surface area contributed by atoms with Crippen LogP contribution in [0.1, 0.15) is 32.3 Å². The molecule has 4 rings (SSSR count). The van der Waals surface area contributed by atoms with Gasteiger partial charge in [0.1, 0.15) is 17.1 Å². The molecule has 0 aliphatic carbocycles. The van der Waals surface area contributed by atoms with Gasteiger partial charge in [-0.25, -0.2) is 14.6 Å². The molecule has 0 radical (unpaired) electrons. The normalized spacial score (nSPS) is 11.4. The number of fused-ring (bicyclic) bond motifs is 1. The number of ether oxygens (including phenoxy) is 1. The third-order valence-corrected chi connectivity index (χ3v) is 6.32. The van der Waals surface area contributed by atoms with Crippen molar-refractivity contribution < 1.29 is 19.4 Å². The van der Waals surface area contributed by atoms with Gasteiger partial charge in [0.25, 0.3) is 5.56 Å². The Hall–Kier alpha value is -4.75. The molecule has 0 bridgehead atoms. The lowest BCUT2D eigenvalue weighted by Gasteiger charge is -2.11. The highest BCUT2D eigenvalue weighted by atomic mass is 16.5. The maximum atomic E-state index is 12.7. The number of benzene rings is 2. The van der Waals surface area contributed by atoms with E-state index in [1.807, 2.05) is 44.2 Å². The van der Waals surface area contributed by atoms with Gasteiger partial charge in [-0.3, -0.25) is 18.7 Å². The predicted octanol–water partition coefficient (Wildman–Crippen LogP) is 1.47. The zero-order chi connectivity index (χ0) is 31.4. The van der Waals surface area contributed by atoms with Crippen LogP contribution in [-0.2, 0) is 29.1 Å². The molecule has 0 aliphatic heterocycles. The topological polar surface area (TPSA) is 200 Å². The summed E-state index contributed by atoms with van der Waals surface area (Å²) in [4.78, 5) is 55.0. The van der Waals surface area contributed by atoms with Crippen LogP contribution in [0.15, 0.2) is 64.2 Å². The summed E-state index contributed by atoms with van der Waals surface area (Å²) in [6.45, 7) is 5.16. The SMILES string of the molecule is CCCn1c(=O)c2[nH]c(-c3ccc(OCC(=O)O)cc3)nc2n(CCC)c1=O.NCCNC(=O)[C@@H](N)Cc1ccccc1. The van der Waals surface area contributed by atoms with Gasteiger partial charge in [0.2, 0.25) is 5.91 Å². The highest BCUT2D eigenvalue weighted by molar-refractivity contribution is 5.81. The molecule has 13 nitrogen and oxygen atoms in total. The van der Waals surface area contributed by atoms with E-state index in [4.69, 9.17) is 21.3 Å². The summed E-state index contributed by atoms with van der Waals surface area (Å²) in [6, 6.07) is 15.9. The van der Waals surface area contributed by atoms with Crippen molar-refractivity contribution in [1.29, 1.82) is 0 Å². The van der Waals surface area contributed by atoms with Crippen molar-refractivity contribution in [3.63, 3.8) is 0 Å². The van der Waals surface area contributed by atoms with Crippen LogP contribution in [0.3, 0.4) is 0 Å². The lowest BCUT2D eigenvalue weighted by molar-refractivity contribution is -0.139. The fourth-order valence-corrected chi connectivity index (χ4v) is 4.29. The van der Waals surface area contributed by atoms with Crippen molar-refractivity contribution in [3.8, 4) is 17.1 Å². The quantitative estimate of drug-likeness (QED) is 0.152. The molecule has 7 N–H and O–H groups in total.